The van der Waals surface area contributed by atoms with Crippen molar-refractivity contribution < 1.29 is 18.4 Å². The summed E-state index contributed by atoms with van der Waals surface area (Å²) in [7, 11) is -3.57. The van der Waals surface area contributed by atoms with Gasteiger partial charge in [-0.15, -0.1) is 0 Å². The average molecular weight is 335 g/mol. The molecule has 6 nitrogen and oxygen atoms in total. The van der Waals surface area contributed by atoms with Crippen LogP contribution in [0.2, 0.25) is 0 Å². The molecule has 0 heterocycles. The van der Waals surface area contributed by atoms with E-state index < -0.39 is 20.5 Å². The molecule has 0 fully saturated rings. The molecular formula is C16H17NO5S. The molecule has 0 bridgehead atoms. The van der Waals surface area contributed by atoms with Crippen LogP contribution in [0.1, 0.15) is 22.3 Å². The second-order valence-corrected chi connectivity index (χ2v) is 7.66. The van der Waals surface area contributed by atoms with Crippen LogP contribution in [0, 0.1) is 24.0 Å². The van der Waals surface area contributed by atoms with Crippen LogP contribution in [0.5, 0.6) is 5.75 Å². The number of phenols is 1. The van der Waals surface area contributed by atoms with E-state index in [4.69, 9.17) is 0 Å². The van der Waals surface area contributed by atoms with Crippen LogP contribution in [0.15, 0.2) is 36.4 Å². The topological polar surface area (TPSA) is 97.5 Å². The summed E-state index contributed by atoms with van der Waals surface area (Å²) in [4.78, 5) is 10.1. The van der Waals surface area contributed by atoms with Gasteiger partial charge in [-0.3, -0.25) is 10.1 Å². The highest BCUT2D eigenvalue weighted by Crippen LogP contribution is 2.26. The molecular weight excluding hydrogens is 318 g/mol. The number of sulfone groups is 1. The number of non-ortho nitro benzene ring substituents is 1. The van der Waals surface area contributed by atoms with E-state index in [1.807, 2.05) is 19.9 Å². The monoisotopic (exact) mass is 335 g/mol. The lowest BCUT2D eigenvalue weighted by atomic mass is 10.1. The van der Waals surface area contributed by atoms with Crippen molar-refractivity contribution in [2.45, 2.75) is 25.4 Å². The number of nitro groups is 1. The zero-order valence-electron chi connectivity index (χ0n) is 12.8. The number of nitro benzene ring substituents is 1. The van der Waals surface area contributed by atoms with E-state index in [1.54, 1.807) is 12.1 Å². The van der Waals surface area contributed by atoms with E-state index in [9.17, 15) is 23.6 Å². The van der Waals surface area contributed by atoms with Crippen LogP contribution in [0.3, 0.4) is 0 Å². The van der Waals surface area contributed by atoms with Crippen LogP contribution >= 0.6 is 0 Å². The molecule has 2 rings (SSSR count). The van der Waals surface area contributed by atoms with Gasteiger partial charge in [0.2, 0.25) is 0 Å². The van der Waals surface area contributed by atoms with Gasteiger partial charge in [0.1, 0.15) is 5.75 Å². The van der Waals surface area contributed by atoms with E-state index in [1.165, 1.54) is 0 Å². The minimum Gasteiger partial charge on any atom is -0.508 e. The Balaban J connectivity index is 2.27. The molecule has 2 aromatic carbocycles. The molecule has 0 aliphatic heterocycles. The minimum absolute atomic E-state index is 0.0311. The fourth-order valence-electron chi connectivity index (χ4n) is 2.50. The van der Waals surface area contributed by atoms with Crippen molar-refractivity contribution in [3.63, 3.8) is 0 Å². The summed E-state index contributed by atoms with van der Waals surface area (Å²) in [6, 6.07) is 8.89. The lowest BCUT2D eigenvalue weighted by molar-refractivity contribution is -0.384. The second-order valence-electron chi connectivity index (χ2n) is 5.60. The van der Waals surface area contributed by atoms with Gasteiger partial charge < -0.3 is 5.11 Å². The summed E-state index contributed by atoms with van der Waals surface area (Å²) in [5.74, 6) is -0.898. The molecule has 0 unspecified atom stereocenters. The molecule has 7 heteroatoms. The molecule has 0 aliphatic carbocycles. The Morgan fingerprint density at radius 3 is 2.22 bits per heavy atom. The number of phenolic OH excluding ortho intramolecular Hbond substituents is 1. The summed E-state index contributed by atoms with van der Waals surface area (Å²) in [5.41, 5.74) is 2.37. The third-order valence-corrected chi connectivity index (χ3v) is 4.84. The molecule has 0 radical (unpaired) electrons. The molecule has 122 valence electrons. The first-order chi connectivity index (χ1) is 10.7. The SMILES string of the molecule is Cc1cc(C)cc(CS(=O)(=O)Cc2cc([N+](=O)[O-])ccc2O)c1. The number of nitrogens with zero attached hydrogens (tertiary/aromatic N) is 1. The number of aromatic hydroxyl groups is 1. The van der Waals surface area contributed by atoms with E-state index in [0.717, 1.165) is 29.3 Å². The smallest absolute Gasteiger partial charge is 0.270 e. The third-order valence-electron chi connectivity index (χ3n) is 3.32. The van der Waals surface area contributed by atoms with E-state index >= 15 is 0 Å². The predicted molar refractivity (Wildman–Crippen MR) is 87.0 cm³/mol. The highest BCUT2D eigenvalue weighted by molar-refractivity contribution is 7.89. The van der Waals surface area contributed by atoms with Crippen LogP contribution in [0.25, 0.3) is 0 Å². The van der Waals surface area contributed by atoms with Gasteiger partial charge in [0, 0.05) is 17.7 Å². The standard InChI is InChI=1S/C16H17NO5S/c1-11-5-12(2)7-13(6-11)9-23(21,22)10-14-8-15(17(19)20)3-4-16(14)18/h3-8,18H,9-10H2,1-2H3. The highest BCUT2D eigenvalue weighted by atomic mass is 32.2. The van der Waals surface area contributed by atoms with Gasteiger partial charge in [-0.05, 0) is 25.5 Å². The fourth-order valence-corrected chi connectivity index (χ4v) is 3.98. The third kappa shape index (κ3) is 4.53. The average Bonchev–Trinajstić information content (AvgIpc) is 2.38. The first-order valence-corrected chi connectivity index (χ1v) is 8.72. The summed E-state index contributed by atoms with van der Waals surface area (Å²) >= 11 is 0. The van der Waals surface area contributed by atoms with Crippen molar-refractivity contribution in [3.05, 3.63) is 68.8 Å². The summed E-state index contributed by atoms with van der Waals surface area (Å²) in [6.45, 7) is 3.77. The Labute approximate surface area is 134 Å². The number of benzene rings is 2. The van der Waals surface area contributed by atoms with Crippen molar-refractivity contribution >= 4 is 15.5 Å². The van der Waals surface area contributed by atoms with Crippen LogP contribution in [-0.2, 0) is 21.3 Å². The molecule has 0 amide bonds. The Morgan fingerprint density at radius 2 is 1.65 bits per heavy atom. The molecule has 0 aliphatic rings. The summed E-state index contributed by atoms with van der Waals surface area (Å²) < 4.78 is 24.7. The van der Waals surface area contributed by atoms with E-state index in [0.29, 0.717) is 5.56 Å². The van der Waals surface area contributed by atoms with Crippen molar-refractivity contribution in [1.29, 1.82) is 0 Å². The zero-order valence-corrected chi connectivity index (χ0v) is 13.6. The van der Waals surface area contributed by atoms with Crippen molar-refractivity contribution in [2.24, 2.45) is 0 Å². The Bertz CT molecular complexity index is 839. The van der Waals surface area contributed by atoms with Crippen LogP contribution < -0.4 is 0 Å². The number of hydrogen-bond acceptors (Lipinski definition) is 5. The minimum atomic E-state index is -3.57. The first-order valence-electron chi connectivity index (χ1n) is 6.90. The van der Waals surface area contributed by atoms with E-state index in [-0.39, 0.29) is 22.8 Å². The van der Waals surface area contributed by atoms with Crippen molar-refractivity contribution in [3.8, 4) is 5.75 Å². The molecule has 1 N–H and O–H groups in total. The largest absolute Gasteiger partial charge is 0.508 e. The molecule has 0 saturated heterocycles. The Hall–Kier alpha value is -2.41. The van der Waals surface area contributed by atoms with Gasteiger partial charge >= 0.3 is 0 Å². The first kappa shape index (κ1) is 17.0. The van der Waals surface area contributed by atoms with Gasteiger partial charge in [-0.2, -0.15) is 0 Å². The number of hydrogen-bond donors (Lipinski definition) is 1. The van der Waals surface area contributed by atoms with E-state index in [2.05, 4.69) is 0 Å². The Morgan fingerprint density at radius 1 is 1.04 bits per heavy atom. The number of rotatable bonds is 5. The summed E-state index contributed by atoms with van der Waals surface area (Å²) in [5, 5.41) is 20.5. The molecule has 0 atom stereocenters. The molecule has 0 saturated carbocycles. The molecule has 0 spiro atoms. The molecule has 0 aromatic heterocycles. The lowest BCUT2D eigenvalue weighted by Gasteiger charge is -2.08. The number of aryl methyl sites for hydroxylation is 2. The maximum atomic E-state index is 12.3. The Kier molecular flexibility index (Phi) is 4.70. The molecule has 2 aromatic rings. The van der Waals surface area contributed by atoms with Gasteiger partial charge in [-0.25, -0.2) is 8.42 Å². The van der Waals surface area contributed by atoms with Gasteiger partial charge in [-0.1, -0.05) is 29.3 Å². The molecule has 23 heavy (non-hydrogen) atoms. The quantitative estimate of drug-likeness (QED) is 0.669. The van der Waals surface area contributed by atoms with Crippen molar-refractivity contribution in [1.82, 2.24) is 0 Å². The fraction of sp³-hybridized carbons (Fsp3) is 0.250. The van der Waals surface area contributed by atoms with Gasteiger partial charge in [0.05, 0.1) is 16.4 Å². The summed E-state index contributed by atoms with van der Waals surface area (Å²) in [6.07, 6.45) is 0. The maximum Gasteiger partial charge on any atom is 0.270 e. The highest BCUT2D eigenvalue weighted by Gasteiger charge is 2.18. The second kappa shape index (κ2) is 6.37. The predicted octanol–water partition coefficient (Wildman–Crippen LogP) is 3.03. The normalized spacial score (nSPS) is 11.4. The maximum absolute atomic E-state index is 12.3. The van der Waals surface area contributed by atoms with Crippen LogP contribution in [0.4, 0.5) is 5.69 Å². The van der Waals surface area contributed by atoms with Crippen LogP contribution in [-0.4, -0.2) is 18.4 Å². The van der Waals surface area contributed by atoms with Crippen molar-refractivity contribution in [2.75, 3.05) is 0 Å². The van der Waals surface area contributed by atoms with Gasteiger partial charge in [0.25, 0.3) is 5.69 Å². The zero-order chi connectivity index (χ0) is 17.2. The lowest BCUT2D eigenvalue weighted by Crippen LogP contribution is -2.08. The van der Waals surface area contributed by atoms with Gasteiger partial charge in [0.15, 0.2) is 9.84 Å².